The van der Waals surface area contributed by atoms with Gasteiger partial charge in [0.15, 0.2) is 0 Å². The number of hydrogen-bond acceptors (Lipinski definition) is 3. The monoisotopic (exact) mass is 253 g/mol. The zero-order valence-corrected chi connectivity index (χ0v) is 11.8. The van der Waals surface area contributed by atoms with E-state index in [2.05, 4.69) is 17.3 Å². The second-order valence-electron chi connectivity index (χ2n) is 5.83. The lowest BCUT2D eigenvalue weighted by molar-refractivity contribution is -0.129. The summed E-state index contributed by atoms with van der Waals surface area (Å²) in [6, 6.07) is 1.30. The van der Waals surface area contributed by atoms with Gasteiger partial charge in [0.1, 0.15) is 0 Å². The highest BCUT2D eigenvalue weighted by molar-refractivity contribution is 5.78. The van der Waals surface area contributed by atoms with Crippen LogP contribution in [0.4, 0.5) is 0 Å². The van der Waals surface area contributed by atoms with Crippen LogP contribution in [0, 0.1) is 0 Å². The molecule has 18 heavy (non-hydrogen) atoms. The molecule has 0 aliphatic heterocycles. The zero-order valence-electron chi connectivity index (χ0n) is 11.8. The quantitative estimate of drug-likeness (QED) is 0.690. The fraction of sp³-hybridized carbons (Fsp3) is 0.929. The van der Waals surface area contributed by atoms with Crippen molar-refractivity contribution < 1.29 is 4.79 Å². The van der Waals surface area contributed by atoms with Gasteiger partial charge in [-0.15, -0.1) is 0 Å². The van der Waals surface area contributed by atoms with Crippen LogP contribution in [-0.2, 0) is 4.79 Å². The molecule has 0 unspecified atom stereocenters. The summed E-state index contributed by atoms with van der Waals surface area (Å²) in [5.41, 5.74) is 0. The Bertz CT molecular complexity index is 272. The predicted octanol–water partition coefficient (Wildman–Crippen LogP) is 1.07. The molecule has 0 spiro atoms. The number of likely N-dealkylation sites (N-methyl/N-ethyl adjacent to an activating group) is 2. The predicted molar refractivity (Wildman–Crippen MR) is 73.5 cm³/mol. The minimum absolute atomic E-state index is 0.237. The van der Waals surface area contributed by atoms with Gasteiger partial charge in [-0.05, 0) is 32.7 Å². The Hall–Kier alpha value is -0.610. The van der Waals surface area contributed by atoms with Gasteiger partial charge in [-0.1, -0.05) is 12.8 Å². The normalized spacial score (nSPS) is 20.6. The van der Waals surface area contributed by atoms with Crippen molar-refractivity contribution in [3.63, 3.8) is 0 Å². The Labute approximate surface area is 111 Å². The van der Waals surface area contributed by atoms with E-state index >= 15 is 0 Å². The molecule has 4 heteroatoms. The number of nitrogens with one attached hydrogen (secondary N) is 1. The van der Waals surface area contributed by atoms with Gasteiger partial charge >= 0.3 is 0 Å². The molecule has 2 aliphatic rings. The van der Waals surface area contributed by atoms with Gasteiger partial charge < -0.3 is 15.1 Å². The number of carbonyl (C=O) groups excluding carboxylic acids is 1. The van der Waals surface area contributed by atoms with Crippen molar-refractivity contribution >= 4 is 5.91 Å². The average Bonchev–Trinajstić information content (AvgIpc) is 3.07. The van der Waals surface area contributed by atoms with Crippen molar-refractivity contribution in [2.45, 2.75) is 50.6 Å². The van der Waals surface area contributed by atoms with Crippen LogP contribution in [0.2, 0.25) is 0 Å². The Morgan fingerprint density at radius 3 is 2.39 bits per heavy atom. The maximum atomic E-state index is 11.8. The van der Waals surface area contributed by atoms with Gasteiger partial charge in [-0.2, -0.15) is 0 Å². The molecular formula is C14H27N3O. The Balaban J connectivity index is 1.53. The molecule has 1 N–H and O–H groups in total. The molecule has 0 atom stereocenters. The summed E-state index contributed by atoms with van der Waals surface area (Å²) in [6.07, 6.45) is 7.83. The Morgan fingerprint density at radius 1 is 1.11 bits per heavy atom. The molecule has 0 aromatic carbocycles. The van der Waals surface area contributed by atoms with Gasteiger partial charge in [0.05, 0.1) is 6.54 Å². The summed E-state index contributed by atoms with van der Waals surface area (Å²) in [7, 11) is 4.13. The maximum absolute atomic E-state index is 11.8. The minimum atomic E-state index is 0.237. The van der Waals surface area contributed by atoms with Crippen LogP contribution in [0.3, 0.4) is 0 Å². The zero-order chi connectivity index (χ0) is 13.0. The van der Waals surface area contributed by atoms with Crippen molar-refractivity contribution in [2.24, 2.45) is 0 Å². The molecular weight excluding hydrogens is 226 g/mol. The summed E-state index contributed by atoms with van der Waals surface area (Å²) in [5, 5.41) is 3.27. The van der Waals surface area contributed by atoms with Gasteiger partial charge in [-0.25, -0.2) is 0 Å². The molecule has 2 rings (SSSR count). The SMILES string of the molecule is CN(CCNCC(=O)N(C)C1CC1)C1CCCC1. The fourth-order valence-electron chi connectivity index (χ4n) is 2.77. The molecule has 2 saturated carbocycles. The number of hydrogen-bond donors (Lipinski definition) is 1. The van der Waals surface area contributed by atoms with E-state index in [9.17, 15) is 4.79 Å². The van der Waals surface area contributed by atoms with Gasteiger partial charge in [-0.3, -0.25) is 4.79 Å². The summed E-state index contributed by atoms with van der Waals surface area (Å²) in [6.45, 7) is 2.45. The van der Waals surface area contributed by atoms with E-state index in [0.717, 1.165) is 19.1 Å². The van der Waals surface area contributed by atoms with Crippen molar-refractivity contribution in [3.05, 3.63) is 0 Å². The summed E-state index contributed by atoms with van der Waals surface area (Å²) in [5.74, 6) is 0.237. The first-order chi connectivity index (χ1) is 8.68. The highest BCUT2D eigenvalue weighted by Crippen LogP contribution is 2.25. The molecule has 0 saturated heterocycles. The molecule has 0 aromatic rings. The van der Waals surface area contributed by atoms with E-state index < -0.39 is 0 Å². The molecule has 104 valence electrons. The van der Waals surface area contributed by atoms with E-state index in [1.54, 1.807) is 0 Å². The lowest BCUT2D eigenvalue weighted by Gasteiger charge is -2.24. The largest absolute Gasteiger partial charge is 0.342 e. The van der Waals surface area contributed by atoms with Crippen molar-refractivity contribution in [3.8, 4) is 0 Å². The average molecular weight is 253 g/mol. The molecule has 0 radical (unpaired) electrons. The van der Waals surface area contributed by atoms with Crippen LogP contribution in [0.5, 0.6) is 0 Å². The standard InChI is InChI=1S/C14H27N3O/c1-16(12-5-3-4-6-12)10-9-15-11-14(18)17(2)13-7-8-13/h12-13,15H,3-11H2,1-2H3. The smallest absolute Gasteiger partial charge is 0.236 e. The highest BCUT2D eigenvalue weighted by atomic mass is 16.2. The van der Waals surface area contributed by atoms with E-state index in [1.807, 2.05) is 11.9 Å². The third-order valence-corrected chi connectivity index (χ3v) is 4.35. The first kappa shape index (κ1) is 13.8. The number of rotatable bonds is 7. The van der Waals surface area contributed by atoms with Crippen LogP contribution in [0.15, 0.2) is 0 Å². The van der Waals surface area contributed by atoms with E-state index in [0.29, 0.717) is 12.6 Å². The van der Waals surface area contributed by atoms with Crippen LogP contribution in [0.1, 0.15) is 38.5 Å². The molecule has 2 aliphatic carbocycles. The van der Waals surface area contributed by atoms with E-state index in [1.165, 1.54) is 38.5 Å². The first-order valence-corrected chi connectivity index (χ1v) is 7.35. The summed E-state index contributed by atoms with van der Waals surface area (Å²) in [4.78, 5) is 16.1. The molecule has 0 aromatic heterocycles. The highest BCUT2D eigenvalue weighted by Gasteiger charge is 2.29. The summed E-state index contributed by atoms with van der Waals surface area (Å²) < 4.78 is 0. The van der Waals surface area contributed by atoms with Crippen LogP contribution in [0.25, 0.3) is 0 Å². The lowest BCUT2D eigenvalue weighted by Crippen LogP contribution is -2.40. The fourth-order valence-corrected chi connectivity index (χ4v) is 2.77. The van der Waals surface area contributed by atoms with Crippen LogP contribution < -0.4 is 5.32 Å². The molecule has 4 nitrogen and oxygen atoms in total. The Morgan fingerprint density at radius 2 is 1.78 bits per heavy atom. The minimum Gasteiger partial charge on any atom is -0.342 e. The number of nitrogens with zero attached hydrogens (tertiary/aromatic N) is 2. The van der Waals surface area contributed by atoms with Gasteiger partial charge in [0, 0.05) is 32.2 Å². The molecule has 0 heterocycles. The Kier molecular flexibility index (Phi) is 5.01. The second kappa shape index (κ2) is 6.53. The molecule has 2 fully saturated rings. The van der Waals surface area contributed by atoms with Crippen LogP contribution >= 0.6 is 0 Å². The first-order valence-electron chi connectivity index (χ1n) is 7.35. The van der Waals surface area contributed by atoms with E-state index in [-0.39, 0.29) is 5.91 Å². The third kappa shape index (κ3) is 3.95. The molecule has 0 bridgehead atoms. The second-order valence-corrected chi connectivity index (χ2v) is 5.83. The third-order valence-electron chi connectivity index (χ3n) is 4.35. The number of carbonyl (C=O) groups is 1. The van der Waals surface area contributed by atoms with Gasteiger partial charge in [0.2, 0.25) is 5.91 Å². The number of amides is 1. The van der Waals surface area contributed by atoms with Crippen molar-refractivity contribution in [2.75, 3.05) is 33.7 Å². The van der Waals surface area contributed by atoms with Crippen LogP contribution in [-0.4, -0.2) is 61.5 Å². The molecule has 1 amide bonds. The summed E-state index contributed by atoms with van der Waals surface area (Å²) >= 11 is 0. The topological polar surface area (TPSA) is 35.6 Å². The van der Waals surface area contributed by atoms with Crippen molar-refractivity contribution in [1.82, 2.24) is 15.1 Å². The maximum Gasteiger partial charge on any atom is 0.236 e. The van der Waals surface area contributed by atoms with E-state index in [4.69, 9.17) is 0 Å². The van der Waals surface area contributed by atoms with Crippen molar-refractivity contribution in [1.29, 1.82) is 0 Å². The van der Waals surface area contributed by atoms with Gasteiger partial charge in [0.25, 0.3) is 0 Å². The lowest BCUT2D eigenvalue weighted by atomic mass is 10.2.